The van der Waals surface area contributed by atoms with Crippen LogP contribution in [0.3, 0.4) is 0 Å². The largest absolute Gasteiger partial charge is 0.477 e. The summed E-state index contributed by atoms with van der Waals surface area (Å²) in [7, 11) is 0. The maximum Gasteiger partial charge on any atom is 0.269 e. The summed E-state index contributed by atoms with van der Waals surface area (Å²) in [4.78, 5) is 16.6. The van der Waals surface area contributed by atoms with Gasteiger partial charge < -0.3 is 15.5 Å². The number of nitrogens with zero attached hydrogens (tertiary/aromatic N) is 2. The molecule has 6 nitrogen and oxygen atoms in total. The lowest BCUT2D eigenvalue weighted by atomic mass is 10.0. The summed E-state index contributed by atoms with van der Waals surface area (Å²) in [5.74, 6) is 1.20. The van der Waals surface area contributed by atoms with Gasteiger partial charge in [0.2, 0.25) is 5.88 Å². The second-order valence-electron chi connectivity index (χ2n) is 6.93. The van der Waals surface area contributed by atoms with Gasteiger partial charge in [-0.15, -0.1) is 0 Å². The summed E-state index contributed by atoms with van der Waals surface area (Å²) in [6, 6.07) is 15.1. The maximum absolute atomic E-state index is 12.2. The first-order valence-corrected chi connectivity index (χ1v) is 9.43. The molecular formula is C21H24N4O2. The van der Waals surface area contributed by atoms with Gasteiger partial charge in [-0.1, -0.05) is 24.3 Å². The lowest BCUT2D eigenvalue weighted by molar-refractivity contribution is 0.212. The predicted molar refractivity (Wildman–Crippen MR) is 107 cm³/mol. The van der Waals surface area contributed by atoms with Crippen molar-refractivity contribution in [2.45, 2.75) is 19.4 Å². The minimum absolute atomic E-state index is 0.0808. The first-order chi connectivity index (χ1) is 13.3. The zero-order valence-electron chi connectivity index (χ0n) is 15.2. The molecule has 1 aromatic carbocycles. The minimum atomic E-state index is -0.0808. The quantitative estimate of drug-likeness (QED) is 0.703. The average molecular weight is 364 g/mol. The molecule has 1 unspecified atom stereocenters. The van der Waals surface area contributed by atoms with Crippen molar-refractivity contribution >= 4 is 10.9 Å². The number of para-hydroxylation sites is 1. The highest BCUT2D eigenvalue weighted by Crippen LogP contribution is 2.14. The van der Waals surface area contributed by atoms with E-state index >= 15 is 0 Å². The standard InChI is InChI=1S/C21H24N4O2/c26-21-10-8-18-5-1-2-6-19(18)25(21)24-14-16-7-9-20(23-13-16)27-15-17-4-3-11-22-12-17/h1-2,5-10,13,17,22,24H,3-4,11-12,14-15H2. The molecule has 3 heterocycles. The van der Waals surface area contributed by atoms with Crippen molar-refractivity contribution in [2.24, 2.45) is 5.92 Å². The van der Waals surface area contributed by atoms with Crippen molar-refractivity contribution in [1.29, 1.82) is 0 Å². The van der Waals surface area contributed by atoms with Gasteiger partial charge in [0.15, 0.2) is 0 Å². The summed E-state index contributed by atoms with van der Waals surface area (Å²) in [5.41, 5.74) is 4.96. The first-order valence-electron chi connectivity index (χ1n) is 9.43. The molecule has 140 valence electrons. The van der Waals surface area contributed by atoms with Crippen LogP contribution in [0.1, 0.15) is 18.4 Å². The molecular weight excluding hydrogens is 340 g/mol. The van der Waals surface area contributed by atoms with E-state index < -0.39 is 0 Å². The van der Waals surface area contributed by atoms with Crippen LogP contribution >= 0.6 is 0 Å². The molecule has 1 saturated heterocycles. The molecule has 1 fully saturated rings. The van der Waals surface area contributed by atoms with Gasteiger partial charge >= 0.3 is 0 Å². The zero-order valence-corrected chi connectivity index (χ0v) is 15.2. The highest BCUT2D eigenvalue weighted by atomic mass is 16.5. The Hall–Kier alpha value is -2.86. The number of hydrogen-bond donors (Lipinski definition) is 2. The van der Waals surface area contributed by atoms with E-state index in [2.05, 4.69) is 15.7 Å². The van der Waals surface area contributed by atoms with Gasteiger partial charge in [0.25, 0.3) is 5.56 Å². The lowest BCUT2D eigenvalue weighted by Crippen LogP contribution is -2.33. The van der Waals surface area contributed by atoms with E-state index in [0.717, 1.165) is 29.6 Å². The van der Waals surface area contributed by atoms with Crippen LogP contribution in [0.4, 0.5) is 0 Å². The Morgan fingerprint density at radius 3 is 2.93 bits per heavy atom. The Bertz CT molecular complexity index is 946. The van der Waals surface area contributed by atoms with E-state index in [1.165, 1.54) is 12.8 Å². The molecule has 2 aromatic heterocycles. The van der Waals surface area contributed by atoms with Crippen LogP contribution in [0.15, 0.2) is 59.5 Å². The third-order valence-corrected chi connectivity index (χ3v) is 4.91. The average Bonchev–Trinajstić information content (AvgIpc) is 2.73. The Labute approximate surface area is 158 Å². The van der Waals surface area contributed by atoms with E-state index in [1.54, 1.807) is 16.9 Å². The van der Waals surface area contributed by atoms with Gasteiger partial charge in [0.1, 0.15) is 0 Å². The molecule has 3 aromatic rings. The second-order valence-corrected chi connectivity index (χ2v) is 6.93. The summed E-state index contributed by atoms with van der Waals surface area (Å²) in [6.07, 6.45) is 4.20. The summed E-state index contributed by atoms with van der Waals surface area (Å²) in [5, 5.41) is 4.41. The Balaban J connectivity index is 1.38. The second kappa shape index (κ2) is 8.22. The van der Waals surface area contributed by atoms with Gasteiger partial charge in [-0.05, 0) is 37.1 Å². The number of piperidine rings is 1. The smallest absolute Gasteiger partial charge is 0.269 e. The zero-order chi connectivity index (χ0) is 18.5. The predicted octanol–water partition coefficient (Wildman–Crippen LogP) is 2.52. The van der Waals surface area contributed by atoms with Crippen LogP contribution in [0.2, 0.25) is 0 Å². The number of hydrogen-bond acceptors (Lipinski definition) is 5. The highest BCUT2D eigenvalue weighted by Gasteiger charge is 2.13. The SMILES string of the molecule is O=c1ccc2ccccc2n1NCc1ccc(OCC2CCCNC2)nc1. The number of fused-ring (bicyclic) bond motifs is 1. The van der Waals surface area contributed by atoms with Gasteiger partial charge in [0, 0.05) is 36.2 Å². The fourth-order valence-electron chi connectivity index (χ4n) is 3.39. The topological polar surface area (TPSA) is 68.2 Å². The van der Waals surface area contributed by atoms with Crippen molar-refractivity contribution in [2.75, 3.05) is 25.1 Å². The van der Waals surface area contributed by atoms with Gasteiger partial charge in [0.05, 0.1) is 18.7 Å². The fraction of sp³-hybridized carbons (Fsp3) is 0.333. The molecule has 2 N–H and O–H groups in total. The highest BCUT2D eigenvalue weighted by molar-refractivity contribution is 5.78. The number of aromatic nitrogens is 2. The van der Waals surface area contributed by atoms with E-state index in [1.807, 2.05) is 42.5 Å². The van der Waals surface area contributed by atoms with Crippen molar-refractivity contribution in [3.63, 3.8) is 0 Å². The molecule has 1 atom stereocenters. The monoisotopic (exact) mass is 364 g/mol. The number of rotatable bonds is 6. The van der Waals surface area contributed by atoms with E-state index in [0.29, 0.717) is 24.9 Å². The molecule has 0 bridgehead atoms. The van der Waals surface area contributed by atoms with Gasteiger partial charge in [-0.3, -0.25) is 4.79 Å². The van der Waals surface area contributed by atoms with E-state index in [-0.39, 0.29) is 5.56 Å². The number of ether oxygens (including phenoxy) is 1. The molecule has 27 heavy (non-hydrogen) atoms. The van der Waals surface area contributed by atoms with Crippen molar-refractivity contribution < 1.29 is 4.74 Å². The number of pyridine rings is 2. The van der Waals surface area contributed by atoms with Crippen molar-refractivity contribution in [1.82, 2.24) is 15.0 Å². The normalized spacial score (nSPS) is 17.0. The van der Waals surface area contributed by atoms with Crippen LogP contribution in [0, 0.1) is 5.92 Å². The van der Waals surface area contributed by atoms with E-state index in [4.69, 9.17) is 4.74 Å². The summed E-state index contributed by atoms with van der Waals surface area (Å²) < 4.78 is 7.39. The maximum atomic E-state index is 12.2. The minimum Gasteiger partial charge on any atom is -0.477 e. The van der Waals surface area contributed by atoms with Crippen LogP contribution in [-0.2, 0) is 6.54 Å². The van der Waals surface area contributed by atoms with Crippen LogP contribution < -0.4 is 21.0 Å². The van der Waals surface area contributed by atoms with Crippen LogP contribution in [-0.4, -0.2) is 29.4 Å². The lowest BCUT2D eigenvalue weighted by Gasteiger charge is -2.22. The van der Waals surface area contributed by atoms with Crippen LogP contribution in [0.5, 0.6) is 5.88 Å². The van der Waals surface area contributed by atoms with Crippen molar-refractivity contribution in [3.8, 4) is 5.88 Å². The molecule has 6 heteroatoms. The third-order valence-electron chi connectivity index (χ3n) is 4.91. The summed E-state index contributed by atoms with van der Waals surface area (Å²) >= 11 is 0. The van der Waals surface area contributed by atoms with Crippen molar-refractivity contribution in [3.05, 3.63) is 70.6 Å². The molecule has 0 spiro atoms. The molecule has 1 aliphatic heterocycles. The first kappa shape index (κ1) is 17.5. The Morgan fingerprint density at radius 2 is 2.11 bits per heavy atom. The number of benzene rings is 1. The van der Waals surface area contributed by atoms with Gasteiger partial charge in [-0.2, -0.15) is 0 Å². The summed E-state index contributed by atoms with van der Waals surface area (Å²) in [6.45, 7) is 3.33. The molecule has 0 saturated carbocycles. The third kappa shape index (κ3) is 4.28. The molecule has 0 aliphatic carbocycles. The Kier molecular flexibility index (Phi) is 5.34. The number of nitrogens with one attached hydrogen (secondary N) is 2. The van der Waals surface area contributed by atoms with E-state index in [9.17, 15) is 4.79 Å². The Morgan fingerprint density at radius 1 is 1.19 bits per heavy atom. The molecule has 4 rings (SSSR count). The fourth-order valence-corrected chi connectivity index (χ4v) is 3.39. The molecule has 0 amide bonds. The molecule has 0 radical (unpaired) electrons. The molecule has 1 aliphatic rings. The van der Waals surface area contributed by atoms with Crippen LogP contribution in [0.25, 0.3) is 10.9 Å². The van der Waals surface area contributed by atoms with Gasteiger partial charge in [-0.25, -0.2) is 9.66 Å².